The average molecular weight is 213 g/mol. The van der Waals surface area contributed by atoms with E-state index in [1.165, 1.54) is 0 Å². The van der Waals surface area contributed by atoms with Crippen LogP contribution >= 0.6 is 0 Å². The summed E-state index contributed by atoms with van der Waals surface area (Å²) in [6.07, 6.45) is 1.78. The van der Waals surface area contributed by atoms with Gasteiger partial charge in [-0.05, 0) is 0 Å². The fourth-order valence-corrected chi connectivity index (χ4v) is 0.506. The van der Waals surface area contributed by atoms with E-state index in [0.717, 1.165) is 0 Å². The molecule has 0 N–H and O–H groups in total. The first-order valence-corrected chi connectivity index (χ1v) is 2.36. The van der Waals surface area contributed by atoms with E-state index >= 15 is 0 Å². The van der Waals surface area contributed by atoms with Gasteiger partial charge in [-0.3, -0.25) is 14.1 Å². The van der Waals surface area contributed by atoms with Crippen LogP contribution in [-0.2, 0) is 26.5 Å². The Morgan fingerprint density at radius 3 is 1.58 bits per heavy atom. The predicted octanol–water partition coefficient (Wildman–Crippen LogP) is 1.60. The van der Waals surface area contributed by atoms with Gasteiger partial charge >= 0.3 is 0 Å². The van der Waals surface area contributed by atoms with Crippen LogP contribution in [0.4, 0.5) is 14.1 Å². The van der Waals surface area contributed by atoms with E-state index in [4.69, 9.17) is 0 Å². The van der Waals surface area contributed by atoms with Crippen molar-refractivity contribution in [3.05, 3.63) is 35.9 Å². The van der Waals surface area contributed by atoms with Gasteiger partial charge in [-0.25, -0.2) is 0 Å². The molecule has 1 aromatic rings. The summed E-state index contributed by atoms with van der Waals surface area (Å²) in [4.78, 5) is 9.88. The summed E-state index contributed by atoms with van der Waals surface area (Å²) in [5.41, 5.74) is 0.604. The molecular formula is C7H8F3OTi-. The fraction of sp³-hybridized carbons (Fsp3) is 0. The largest absolute Gasteiger partial charge is 0.376 e. The summed E-state index contributed by atoms with van der Waals surface area (Å²) in [6, 6.07) is 8.90. The number of hydrogen-bond acceptors (Lipinski definition) is 1. The predicted molar refractivity (Wildman–Crippen MR) is 38.7 cm³/mol. The van der Waals surface area contributed by atoms with Gasteiger partial charge in [0, 0.05) is 21.7 Å². The van der Waals surface area contributed by atoms with Crippen molar-refractivity contribution in [2.45, 2.75) is 0 Å². The number of benzene rings is 1. The van der Waals surface area contributed by atoms with Crippen molar-refractivity contribution in [1.82, 2.24) is 0 Å². The number of carbonyl (C=O) groups excluding carboxylic acids is 1. The molecular weight excluding hydrogens is 205 g/mol. The summed E-state index contributed by atoms with van der Waals surface area (Å²) in [5, 5.41) is 0. The van der Waals surface area contributed by atoms with Gasteiger partial charge in [-0.2, -0.15) is 17.7 Å². The quantitative estimate of drug-likeness (QED) is 0.511. The van der Waals surface area contributed by atoms with Crippen molar-refractivity contribution >= 4 is 6.29 Å². The van der Waals surface area contributed by atoms with Gasteiger partial charge in [0.15, 0.2) is 0 Å². The molecule has 0 saturated carbocycles. The molecule has 0 aliphatic carbocycles. The second-order valence-corrected chi connectivity index (χ2v) is 1.47. The Bertz CT molecular complexity index is 181. The molecule has 0 aliphatic rings. The molecule has 0 saturated heterocycles. The smallest absolute Gasteiger partial charge is 0.0627 e. The summed E-state index contributed by atoms with van der Waals surface area (Å²) < 4.78 is 0. The summed E-state index contributed by atoms with van der Waals surface area (Å²) >= 11 is 0. The minimum absolute atomic E-state index is 0. The Hall–Kier alpha value is -0.606. The van der Waals surface area contributed by atoms with E-state index in [9.17, 15) is 4.79 Å². The zero-order valence-corrected chi connectivity index (χ0v) is 7.58. The third kappa shape index (κ3) is 7.50. The fourth-order valence-electron chi connectivity index (χ4n) is 0.506. The van der Waals surface area contributed by atoms with Crippen molar-refractivity contribution in [2.75, 3.05) is 0 Å². The first kappa shape index (κ1) is 22.5. The molecule has 1 nitrogen and oxygen atoms in total. The van der Waals surface area contributed by atoms with E-state index in [1.54, 1.807) is 30.6 Å². The number of hydrogen-bond donors (Lipinski definition) is 0. The molecule has 0 unspecified atom stereocenters. The Kier molecular flexibility index (Phi) is 24.4. The molecule has 0 aromatic heterocycles. The van der Waals surface area contributed by atoms with Crippen LogP contribution in [0.15, 0.2) is 30.3 Å². The van der Waals surface area contributed by atoms with Crippen molar-refractivity contribution in [3.8, 4) is 0 Å². The molecule has 1 rings (SSSR count). The van der Waals surface area contributed by atoms with Crippen LogP contribution in [0.25, 0.3) is 0 Å². The molecule has 0 bridgehead atoms. The molecule has 0 fully saturated rings. The van der Waals surface area contributed by atoms with Crippen molar-refractivity contribution in [1.29, 1.82) is 0 Å². The van der Waals surface area contributed by atoms with Crippen LogP contribution in [-0.4, -0.2) is 6.29 Å². The average Bonchev–Trinajstić information content (AvgIpc) is 1.90. The zero-order valence-electron chi connectivity index (χ0n) is 6.02. The van der Waals surface area contributed by atoms with Crippen LogP contribution < -0.4 is 0 Å². The first-order chi connectivity index (χ1) is 3.93. The monoisotopic (exact) mass is 213 g/mol. The van der Waals surface area contributed by atoms with Gasteiger partial charge in [0.1, 0.15) is 0 Å². The van der Waals surface area contributed by atoms with Crippen molar-refractivity contribution in [3.63, 3.8) is 0 Å². The Morgan fingerprint density at radius 2 is 1.33 bits per heavy atom. The molecule has 1 aromatic carbocycles. The summed E-state index contributed by atoms with van der Waals surface area (Å²) in [5.74, 6) is 0. The Balaban J connectivity index is -0.0000000800. The standard InChI is InChI=1S/C7H5O.3FH.Ti/c8-6-7-4-2-1-3-5-7;;;;/h1-5H;3*1H;/q-1;;;;. The second kappa shape index (κ2) is 13.0. The number of rotatable bonds is 1. The van der Waals surface area contributed by atoms with E-state index in [2.05, 4.69) is 0 Å². The van der Waals surface area contributed by atoms with Gasteiger partial charge in [0.05, 0.1) is 6.29 Å². The molecule has 0 atom stereocenters. The van der Waals surface area contributed by atoms with Crippen molar-refractivity contribution in [2.24, 2.45) is 0 Å². The van der Waals surface area contributed by atoms with E-state index in [1.807, 2.05) is 6.07 Å². The van der Waals surface area contributed by atoms with Crippen LogP contribution in [0, 0.1) is 0 Å². The van der Waals surface area contributed by atoms with Gasteiger partial charge in [-0.15, -0.1) is 12.1 Å². The maximum Gasteiger partial charge on any atom is 0.0627 e. The first-order valence-electron chi connectivity index (χ1n) is 2.36. The Morgan fingerprint density at radius 1 is 0.917 bits per heavy atom. The summed E-state index contributed by atoms with van der Waals surface area (Å²) in [6.45, 7) is 0. The van der Waals surface area contributed by atoms with E-state index in [0.29, 0.717) is 5.56 Å². The normalized spacial score (nSPS) is 5.67. The third-order valence-electron chi connectivity index (χ3n) is 0.892. The van der Waals surface area contributed by atoms with Crippen LogP contribution in [0.5, 0.6) is 0 Å². The molecule has 68 valence electrons. The summed E-state index contributed by atoms with van der Waals surface area (Å²) in [7, 11) is 0. The number of halogens is 3. The molecule has 0 aliphatic heterocycles. The van der Waals surface area contributed by atoms with E-state index in [-0.39, 0.29) is 35.8 Å². The maximum atomic E-state index is 9.88. The Labute approximate surface area is 83.1 Å². The molecule has 0 heterocycles. The SMILES string of the molecule is F.F.F.O=[C-]c1ccccc1.[Ti]. The molecule has 0 spiro atoms. The molecule has 5 heteroatoms. The van der Waals surface area contributed by atoms with Crippen LogP contribution in [0.3, 0.4) is 0 Å². The minimum atomic E-state index is 0. The maximum absolute atomic E-state index is 9.88. The molecule has 12 heavy (non-hydrogen) atoms. The third-order valence-corrected chi connectivity index (χ3v) is 0.892. The minimum Gasteiger partial charge on any atom is -0.376 e. The second-order valence-electron chi connectivity index (χ2n) is 1.47. The van der Waals surface area contributed by atoms with Crippen LogP contribution in [0.1, 0.15) is 5.56 Å². The van der Waals surface area contributed by atoms with E-state index < -0.39 is 0 Å². The topological polar surface area (TPSA) is 17.1 Å². The molecule has 0 radical (unpaired) electrons. The van der Waals surface area contributed by atoms with Gasteiger partial charge < -0.3 is 4.79 Å². The van der Waals surface area contributed by atoms with Gasteiger partial charge in [0.25, 0.3) is 0 Å². The zero-order chi connectivity index (χ0) is 5.82. The molecule has 0 amide bonds. The van der Waals surface area contributed by atoms with Crippen molar-refractivity contribution < 1.29 is 40.6 Å². The van der Waals surface area contributed by atoms with Gasteiger partial charge in [-0.1, -0.05) is 6.07 Å². The van der Waals surface area contributed by atoms with Gasteiger partial charge in [0.2, 0.25) is 0 Å². The van der Waals surface area contributed by atoms with Crippen LogP contribution in [0.2, 0.25) is 0 Å².